The number of halogens is 1. The van der Waals surface area contributed by atoms with Gasteiger partial charge in [0.05, 0.1) is 19.3 Å². The third-order valence-corrected chi connectivity index (χ3v) is 5.90. The van der Waals surface area contributed by atoms with Crippen LogP contribution in [0.4, 0.5) is 0 Å². The number of ether oxygens (including phenoxy) is 2. The molecule has 0 aliphatic heterocycles. The zero-order valence-corrected chi connectivity index (χ0v) is 18.9. The van der Waals surface area contributed by atoms with Gasteiger partial charge in [-0.2, -0.15) is 0 Å². The van der Waals surface area contributed by atoms with Crippen molar-refractivity contribution in [2.24, 2.45) is 0 Å². The number of methoxy groups -OCH3 is 1. The van der Waals surface area contributed by atoms with Gasteiger partial charge in [-0.3, -0.25) is 4.79 Å². The number of hydrogen-bond donors (Lipinski definition) is 0. The number of amides is 1. The lowest BCUT2D eigenvalue weighted by molar-refractivity contribution is 0.0668. The lowest BCUT2D eigenvalue weighted by Gasteiger charge is -2.28. The molecule has 158 valence electrons. The van der Waals surface area contributed by atoms with Gasteiger partial charge in [-0.1, -0.05) is 30.7 Å². The average Bonchev–Trinajstić information content (AvgIpc) is 3.22. The summed E-state index contributed by atoms with van der Waals surface area (Å²) in [5.41, 5.74) is 1.45. The molecule has 2 aromatic carbocycles. The minimum absolute atomic E-state index is 0.0343. The zero-order valence-electron chi connectivity index (χ0n) is 17.3. The molecule has 0 spiro atoms. The number of aromatic nitrogens is 1. The molecule has 1 aromatic heterocycles. The molecular weight excluding hydrogens is 420 g/mol. The van der Waals surface area contributed by atoms with E-state index in [0.29, 0.717) is 35.2 Å². The summed E-state index contributed by atoms with van der Waals surface area (Å²) >= 11 is 7.51. The van der Waals surface area contributed by atoms with Crippen LogP contribution in [-0.4, -0.2) is 28.9 Å². The highest BCUT2D eigenvalue weighted by Gasteiger charge is 2.22. The van der Waals surface area contributed by atoms with Gasteiger partial charge in [-0.15, -0.1) is 11.3 Å². The average molecular weight is 445 g/mol. The van der Waals surface area contributed by atoms with Gasteiger partial charge in [0.1, 0.15) is 23.1 Å². The van der Waals surface area contributed by atoms with Crippen molar-refractivity contribution in [3.63, 3.8) is 0 Å². The van der Waals surface area contributed by atoms with E-state index >= 15 is 0 Å². The van der Waals surface area contributed by atoms with E-state index in [-0.39, 0.29) is 11.9 Å². The van der Waals surface area contributed by atoms with Gasteiger partial charge >= 0.3 is 0 Å². The summed E-state index contributed by atoms with van der Waals surface area (Å²) in [5, 5.41) is 3.46. The summed E-state index contributed by atoms with van der Waals surface area (Å²) in [5.74, 6) is 1.33. The number of hydrogen-bond acceptors (Lipinski definition) is 5. The number of carbonyl (C=O) groups excluding carboxylic acids is 1. The summed E-state index contributed by atoms with van der Waals surface area (Å²) in [6.45, 7) is 4.92. The Hall–Kier alpha value is -2.57. The first kappa shape index (κ1) is 22.1. The van der Waals surface area contributed by atoms with Crippen LogP contribution in [0, 0.1) is 0 Å². The molecule has 0 fully saturated rings. The highest BCUT2D eigenvalue weighted by Crippen LogP contribution is 2.22. The molecule has 0 saturated carbocycles. The highest BCUT2D eigenvalue weighted by molar-refractivity contribution is 7.09. The van der Waals surface area contributed by atoms with Gasteiger partial charge < -0.3 is 14.4 Å². The smallest absolute Gasteiger partial charge is 0.254 e. The van der Waals surface area contributed by atoms with Crippen molar-refractivity contribution in [3.05, 3.63) is 75.2 Å². The van der Waals surface area contributed by atoms with Crippen molar-refractivity contribution in [2.75, 3.05) is 7.11 Å². The van der Waals surface area contributed by atoms with Crippen LogP contribution >= 0.6 is 22.9 Å². The van der Waals surface area contributed by atoms with Crippen molar-refractivity contribution in [3.8, 4) is 11.5 Å². The molecule has 0 aliphatic carbocycles. The zero-order chi connectivity index (χ0) is 21.5. The fraction of sp³-hybridized carbons (Fsp3) is 0.304. The second-order valence-electron chi connectivity index (χ2n) is 6.90. The lowest BCUT2D eigenvalue weighted by atomic mass is 10.1. The Morgan fingerprint density at radius 3 is 2.70 bits per heavy atom. The molecule has 30 heavy (non-hydrogen) atoms. The maximum Gasteiger partial charge on any atom is 0.254 e. The van der Waals surface area contributed by atoms with E-state index in [4.69, 9.17) is 21.1 Å². The van der Waals surface area contributed by atoms with Crippen molar-refractivity contribution < 1.29 is 14.3 Å². The van der Waals surface area contributed by atoms with Crippen LogP contribution in [0.15, 0.2) is 53.9 Å². The van der Waals surface area contributed by atoms with Gasteiger partial charge in [-0.25, -0.2) is 4.98 Å². The Labute approximate surface area is 186 Å². The minimum Gasteiger partial charge on any atom is -0.497 e. The molecule has 0 aliphatic rings. The molecule has 3 rings (SSSR count). The molecular formula is C23H25ClN2O3S. The molecule has 0 bridgehead atoms. The first-order valence-electron chi connectivity index (χ1n) is 9.76. The monoisotopic (exact) mass is 444 g/mol. The summed E-state index contributed by atoms with van der Waals surface area (Å²) in [7, 11) is 1.60. The fourth-order valence-corrected chi connectivity index (χ4v) is 3.81. The van der Waals surface area contributed by atoms with Crippen molar-refractivity contribution >= 4 is 28.8 Å². The Balaban J connectivity index is 1.70. The Kier molecular flexibility index (Phi) is 7.71. The summed E-state index contributed by atoms with van der Waals surface area (Å²) in [4.78, 5) is 19.7. The van der Waals surface area contributed by atoms with E-state index < -0.39 is 0 Å². The normalized spacial score (nSPS) is 11.7. The van der Waals surface area contributed by atoms with E-state index in [1.165, 1.54) is 11.3 Å². The third-order valence-electron chi connectivity index (χ3n) is 4.79. The second-order valence-corrected chi connectivity index (χ2v) is 8.28. The van der Waals surface area contributed by atoms with Crippen LogP contribution in [0.2, 0.25) is 5.02 Å². The fourth-order valence-electron chi connectivity index (χ4n) is 2.93. The molecule has 1 atom stereocenters. The molecule has 1 heterocycles. The maximum atomic E-state index is 13.2. The molecule has 0 N–H and O–H groups in total. The molecule has 3 aromatic rings. The van der Waals surface area contributed by atoms with Crippen LogP contribution in [0.5, 0.6) is 11.5 Å². The topological polar surface area (TPSA) is 51.7 Å². The van der Waals surface area contributed by atoms with Crippen LogP contribution in [-0.2, 0) is 13.2 Å². The first-order valence-corrected chi connectivity index (χ1v) is 11.0. The van der Waals surface area contributed by atoms with Gasteiger partial charge in [0.25, 0.3) is 5.91 Å². The number of benzene rings is 2. The quantitative estimate of drug-likeness (QED) is 0.417. The Morgan fingerprint density at radius 1 is 1.20 bits per heavy atom. The van der Waals surface area contributed by atoms with E-state index in [1.807, 2.05) is 47.5 Å². The maximum absolute atomic E-state index is 13.2. The number of rotatable bonds is 9. The van der Waals surface area contributed by atoms with E-state index in [2.05, 4.69) is 11.9 Å². The van der Waals surface area contributed by atoms with Gasteiger partial charge in [0, 0.05) is 22.0 Å². The minimum atomic E-state index is -0.0343. The van der Waals surface area contributed by atoms with Crippen LogP contribution < -0.4 is 9.47 Å². The Bertz CT molecular complexity index is 992. The van der Waals surface area contributed by atoms with E-state index in [0.717, 1.165) is 17.1 Å². The molecule has 1 amide bonds. The van der Waals surface area contributed by atoms with Crippen LogP contribution in [0.25, 0.3) is 0 Å². The molecule has 5 nitrogen and oxygen atoms in total. The van der Waals surface area contributed by atoms with Crippen molar-refractivity contribution in [1.29, 1.82) is 0 Å². The van der Waals surface area contributed by atoms with Crippen molar-refractivity contribution in [2.45, 2.75) is 39.5 Å². The summed E-state index contributed by atoms with van der Waals surface area (Å²) in [6.07, 6.45) is 0.852. The molecule has 0 unspecified atom stereocenters. The van der Waals surface area contributed by atoms with Crippen LogP contribution in [0.3, 0.4) is 0 Å². The van der Waals surface area contributed by atoms with Gasteiger partial charge in [-0.05, 0) is 49.7 Å². The predicted octanol–water partition coefficient (Wildman–Crippen LogP) is 5.83. The number of thiazole rings is 1. The summed E-state index contributed by atoms with van der Waals surface area (Å²) < 4.78 is 11.0. The lowest BCUT2D eigenvalue weighted by Crippen LogP contribution is -2.37. The van der Waals surface area contributed by atoms with Crippen LogP contribution in [0.1, 0.15) is 41.3 Å². The molecule has 0 saturated heterocycles. The molecule has 0 radical (unpaired) electrons. The van der Waals surface area contributed by atoms with E-state index in [9.17, 15) is 4.79 Å². The number of nitrogens with zero attached hydrogens (tertiary/aromatic N) is 2. The third kappa shape index (κ3) is 5.74. The Morgan fingerprint density at radius 2 is 1.97 bits per heavy atom. The predicted molar refractivity (Wildman–Crippen MR) is 121 cm³/mol. The molecule has 7 heteroatoms. The standard InChI is InChI=1S/C23H25ClN2O3S/c1-4-16(2)26(23(27)17-7-5-9-20(11-17)28-3)13-19-15-30-22(25-19)14-29-21-10-6-8-18(24)12-21/h5-12,15-16H,4,13-14H2,1-3H3/t16-/m0/s1. The summed E-state index contributed by atoms with van der Waals surface area (Å²) in [6, 6.07) is 14.6. The highest BCUT2D eigenvalue weighted by atomic mass is 35.5. The van der Waals surface area contributed by atoms with Gasteiger partial charge in [0.15, 0.2) is 0 Å². The number of carbonyl (C=O) groups is 1. The second kappa shape index (κ2) is 10.5. The van der Waals surface area contributed by atoms with Crippen molar-refractivity contribution in [1.82, 2.24) is 9.88 Å². The largest absolute Gasteiger partial charge is 0.497 e. The van der Waals surface area contributed by atoms with E-state index in [1.54, 1.807) is 25.3 Å². The SMILES string of the molecule is CC[C@H](C)N(Cc1csc(COc2cccc(Cl)c2)n1)C(=O)c1cccc(OC)c1. The first-order chi connectivity index (χ1) is 14.5. The van der Waals surface area contributed by atoms with Gasteiger partial charge in [0.2, 0.25) is 0 Å².